The maximum Gasteiger partial charge on any atom is 0.335 e. The average molecular weight is 374 g/mol. The van der Waals surface area contributed by atoms with Crippen LogP contribution in [-0.2, 0) is 21.4 Å². The minimum atomic E-state index is -0.906. The molecule has 0 aromatic heterocycles. The summed E-state index contributed by atoms with van der Waals surface area (Å²) in [5, 5.41) is 18.4. The summed E-state index contributed by atoms with van der Waals surface area (Å²) in [4.78, 5) is 22.4. The number of carboxylic acids is 2. The summed E-state index contributed by atoms with van der Waals surface area (Å²) in [6.45, 7) is 6.14. The van der Waals surface area contributed by atoms with Crippen molar-refractivity contribution in [3.63, 3.8) is 0 Å². The minimum Gasteiger partial charge on any atom is -0.481 e. The van der Waals surface area contributed by atoms with E-state index in [9.17, 15) is 14.7 Å². The van der Waals surface area contributed by atoms with Crippen molar-refractivity contribution in [1.29, 1.82) is 0 Å². The number of carboxylic acid groups (broad SMARTS) is 2. The normalized spacial score (nSPS) is 14.3. The molecule has 4 heteroatoms. The van der Waals surface area contributed by atoms with Gasteiger partial charge in [-0.3, -0.25) is 4.79 Å². The zero-order chi connectivity index (χ0) is 20.5. The molecule has 142 valence electrons. The van der Waals surface area contributed by atoms with Gasteiger partial charge in [-0.15, -0.1) is 0 Å². The minimum absolute atomic E-state index is 0.00779. The summed E-state index contributed by atoms with van der Waals surface area (Å²) in [6.07, 6.45) is 2.46. The zero-order valence-corrected chi connectivity index (χ0v) is 16.2. The third-order valence-electron chi connectivity index (χ3n) is 5.08. The molecule has 28 heavy (non-hydrogen) atoms. The molecule has 4 nitrogen and oxygen atoms in total. The molecule has 0 saturated carbocycles. The molecule has 2 N–H and O–H groups in total. The van der Waals surface area contributed by atoms with Crippen molar-refractivity contribution in [2.24, 2.45) is 0 Å². The predicted octanol–water partition coefficient (Wildman–Crippen LogP) is 4.17. The van der Waals surface area contributed by atoms with Crippen LogP contribution in [0, 0.1) is 18.8 Å². The second-order valence-electron chi connectivity index (χ2n) is 7.74. The molecule has 0 unspecified atom stereocenters. The smallest absolute Gasteiger partial charge is 0.335 e. The van der Waals surface area contributed by atoms with E-state index >= 15 is 0 Å². The Hall–Kier alpha value is -3.32. The van der Waals surface area contributed by atoms with Gasteiger partial charge in [-0.05, 0) is 65.3 Å². The number of fused-ring (bicyclic) bond motifs is 1. The van der Waals surface area contributed by atoms with Gasteiger partial charge in [0.2, 0.25) is 0 Å². The Morgan fingerprint density at radius 2 is 1.75 bits per heavy atom. The van der Waals surface area contributed by atoms with Gasteiger partial charge in [-0.25, -0.2) is 4.79 Å². The Morgan fingerprint density at radius 1 is 1.07 bits per heavy atom. The largest absolute Gasteiger partial charge is 0.481 e. The summed E-state index contributed by atoms with van der Waals surface area (Å²) < 4.78 is 0. The van der Waals surface area contributed by atoms with Crippen LogP contribution in [-0.4, -0.2) is 22.2 Å². The van der Waals surface area contributed by atoms with E-state index in [0.29, 0.717) is 12.0 Å². The number of rotatable bonds is 3. The Bertz CT molecular complexity index is 1040. The number of hydrogen-bond donors (Lipinski definition) is 2. The van der Waals surface area contributed by atoms with Crippen LogP contribution in [0.1, 0.15) is 53.6 Å². The van der Waals surface area contributed by atoms with Crippen LogP contribution in [0.4, 0.5) is 0 Å². The number of carbonyl (C=O) groups is 2. The number of aryl methyl sites for hydroxylation is 1. The van der Waals surface area contributed by atoms with Gasteiger partial charge in [-0.1, -0.05) is 43.9 Å². The van der Waals surface area contributed by atoms with Crippen molar-refractivity contribution in [3.05, 3.63) is 75.9 Å². The average Bonchev–Trinajstić information content (AvgIpc) is 2.60. The Labute approximate surface area is 164 Å². The van der Waals surface area contributed by atoms with Gasteiger partial charge >= 0.3 is 11.9 Å². The number of benzene rings is 2. The Balaban J connectivity index is 1.97. The SMILES string of the molecule is Cc1cc2c(cc1C#Cc1ccc(CC(=O)O)cc1)C(C)(C)CC=C2C(=O)O. The molecule has 1 aliphatic carbocycles. The van der Waals surface area contributed by atoms with Crippen molar-refractivity contribution in [1.82, 2.24) is 0 Å². The zero-order valence-electron chi connectivity index (χ0n) is 16.2. The summed E-state index contributed by atoms with van der Waals surface area (Å²) in [5.74, 6) is 4.54. The predicted molar refractivity (Wildman–Crippen MR) is 108 cm³/mol. The molecule has 2 aromatic rings. The molecule has 0 amide bonds. The van der Waals surface area contributed by atoms with Crippen LogP contribution >= 0.6 is 0 Å². The summed E-state index contributed by atoms with van der Waals surface area (Å²) in [6, 6.07) is 11.1. The fourth-order valence-electron chi connectivity index (χ4n) is 3.43. The maximum absolute atomic E-state index is 11.6. The van der Waals surface area contributed by atoms with Gasteiger partial charge in [0.1, 0.15) is 0 Å². The topological polar surface area (TPSA) is 74.6 Å². The van der Waals surface area contributed by atoms with Crippen LogP contribution in [0.15, 0.2) is 42.5 Å². The van der Waals surface area contributed by atoms with E-state index in [0.717, 1.165) is 33.4 Å². The van der Waals surface area contributed by atoms with Gasteiger partial charge < -0.3 is 10.2 Å². The molecule has 0 saturated heterocycles. The van der Waals surface area contributed by atoms with Gasteiger partial charge in [0.25, 0.3) is 0 Å². The molecular formula is C24H22O4. The summed E-state index contributed by atoms with van der Waals surface area (Å²) in [5.41, 5.74) is 5.30. The molecule has 1 aliphatic rings. The summed E-state index contributed by atoms with van der Waals surface area (Å²) >= 11 is 0. The van der Waals surface area contributed by atoms with Gasteiger partial charge in [0.05, 0.1) is 12.0 Å². The number of allylic oxidation sites excluding steroid dienone is 1. The quantitative estimate of drug-likeness (QED) is 0.791. The highest BCUT2D eigenvalue weighted by atomic mass is 16.4. The van der Waals surface area contributed by atoms with E-state index < -0.39 is 11.9 Å². The molecular weight excluding hydrogens is 352 g/mol. The van der Waals surface area contributed by atoms with Crippen molar-refractivity contribution >= 4 is 17.5 Å². The van der Waals surface area contributed by atoms with Crippen LogP contribution in [0.25, 0.3) is 5.57 Å². The second-order valence-corrected chi connectivity index (χ2v) is 7.74. The highest BCUT2D eigenvalue weighted by molar-refractivity contribution is 6.16. The van der Waals surface area contributed by atoms with Crippen molar-refractivity contribution in [3.8, 4) is 11.8 Å². The van der Waals surface area contributed by atoms with E-state index in [1.165, 1.54) is 0 Å². The molecule has 0 radical (unpaired) electrons. The third-order valence-corrected chi connectivity index (χ3v) is 5.08. The molecule has 3 rings (SSSR count). The van der Waals surface area contributed by atoms with Crippen LogP contribution in [0.5, 0.6) is 0 Å². The van der Waals surface area contributed by atoms with E-state index in [1.54, 1.807) is 18.2 Å². The van der Waals surface area contributed by atoms with Crippen molar-refractivity contribution < 1.29 is 19.8 Å². The van der Waals surface area contributed by atoms with E-state index in [2.05, 4.69) is 25.7 Å². The van der Waals surface area contributed by atoms with Gasteiger partial charge in [0, 0.05) is 11.1 Å². The van der Waals surface area contributed by atoms with Crippen LogP contribution < -0.4 is 0 Å². The van der Waals surface area contributed by atoms with Crippen LogP contribution in [0.2, 0.25) is 0 Å². The Kier molecular flexibility index (Phi) is 5.11. The molecule has 0 heterocycles. The first kappa shape index (κ1) is 19.4. The molecule has 2 aromatic carbocycles. The monoisotopic (exact) mass is 374 g/mol. The molecule has 0 aliphatic heterocycles. The summed E-state index contributed by atoms with van der Waals surface area (Å²) in [7, 11) is 0. The lowest BCUT2D eigenvalue weighted by Crippen LogP contribution is -2.24. The maximum atomic E-state index is 11.6. The highest BCUT2D eigenvalue weighted by Gasteiger charge is 2.31. The first-order valence-corrected chi connectivity index (χ1v) is 9.09. The highest BCUT2D eigenvalue weighted by Crippen LogP contribution is 2.40. The fourth-order valence-corrected chi connectivity index (χ4v) is 3.43. The van der Waals surface area contributed by atoms with E-state index in [-0.39, 0.29) is 11.8 Å². The second kappa shape index (κ2) is 7.36. The Morgan fingerprint density at radius 3 is 2.36 bits per heavy atom. The van der Waals surface area contributed by atoms with Gasteiger partial charge in [0.15, 0.2) is 0 Å². The van der Waals surface area contributed by atoms with Gasteiger partial charge in [-0.2, -0.15) is 0 Å². The van der Waals surface area contributed by atoms with E-state index in [4.69, 9.17) is 5.11 Å². The standard InChI is InChI=1S/C24H22O4/c1-15-12-20-19(23(27)28)10-11-24(2,3)21(20)14-18(15)9-8-16-4-6-17(7-5-16)13-22(25)26/h4-7,10,12,14H,11,13H2,1-3H3,(H,25,26)(H,27,28). The lowest BCUT2D eigenvalue weighted by molar-refractivity contribution is -0.136. The number of aliphatic carboxylic acids is 2. The third kappa shape index (κ3) is 3.99. The lowest BCUT2D eigenvalue weighted by atomic mass is 9.72. The van der Waals surface area contributed by atoms with Crippen molar-refractivity contribution in [2.45, 2.75) is 39.0 Å². The molecule has 0 bridgehead atoms. The molecule has 0 atom stereocenters. The lowest BCUT2D eigenvalue weighted by Gasteiger charge is -2.31. The van der Waals surface area contributed by atoms with E-state index in [1.807, 2.05) is 31.2 Å². The van der Waals surface area contributed by atoms with Crippen LogP contribution in [0.3, 0.4) is 0 Å². The molecule has 0 fully saturated rings. The fraction of sp³-hybridized carbons (Fsp3) is 0.250. The first-order chi connectivity index (χ1) is 13.2. The molecule has 0 spiro atoms. The first-order valence-electron chi connectivity index (χ1n) is 9.09. The number of hydrogen-bond acceptors (Lipinski definition) is 2. The van der Waals surface area contributed by atoms with Crippen molar-refractivity contribution in [2.75, 3.05) is 0 Å².